The molecule has 29 heavy (non-hydrogen) atoms. The number of hydrogen-bond acceptors (Lipinski definition) is 5. The average molecular weight is 392 g/mol. The summed E-state index contributed by atoms with van der Waals surface area (Å²) in [5, 5.41) is 11.4. The van der Waals surface area contributed by atoms with Crippen LogP contribution in [0.25, 0.3) is 10.9 Å². The van der Waals surface area contributed by atoms with E-state index < -0.39 is 16.6 Å². The van der Waals surface area contributed by atoms with E-state index in [0.29, 0.717) is 37.1 Å². The second kappa shape index (κ2) is 7.84. The number of piperazine rings is 1. The maximum absolute atomic E-state index is 12.8. The number of benzene rings is 2. The lowest BCUT2D eigenvalue weighted by Crippen LogP contribution is -2.50. The summed E-state index contributed by atoms with van der Waals surface area (Å²) >= 11 is 0. The zero-order valence-electron chi connectivity index (χ0n) is 15.7. The van der Waals surface area contributed by atoms with Gasteiger partial charge in [0.05, 0.1) is 10.5 Å². The third kappa shape index (κ3) is 3.88. The Morgan fingerprint density at radius 2 is 1.76 bits per heavy atom. The van der Waals surface area contributed by atoms with Crippen molar-refractivity contribution in [2.24, 2.45) is 0 Å². The Morgan fingerprint density at radius 3 is 2.45 bits per heavy atom. The lowest BCUT2D eigenvalue weighted by atomic mass is 10.1. The van der Waals surface area contributed by atoms with Crippen molar-refractivity contribution in [3.63, 3.8) is 0 Å². The van der Waals surface area contributed by atoms with Gasteiger partial charge in [0.2, 0.25) is 0 Å². The number of carbonyl (C=O) groups is 2. The van der Waals surface area contributed by atoms with Crippen LogP contribution in [0.1, 0.15) is 15.9 Å². The molecule has 0 unspecified atom stereocenters. The number of hydrogen-bond donors (Lipinski definition) is 1. The fourth-order valence-corrected chi connectivity index (χ4v) is 3.62. The van der Waals surface area contributed by atoms with E-state index in [1.165, 1.54) is 30.0 Å². The van der Waals surface area contributed by atoms with Crippen molar-refractivity contribution < 1.29 is 14.5 Å². The molecular formula is C21H20N4O4. The van der Waals surface area contributed by atoms with Crippen LogP contribution in [-0.2, 0) is 11.3 Å². The second-order valence-corrected chi connectivity index (χ2v) is 7.07. The number of H-pyrrole nitrogens is 1. The highest BCUT2D eigenvalue weighted by atomic mass is 16.6. The quantitative estimate of drug-likeness (QED) is 0.311. The highest BCUT2D eigenvalue weighted by Crippen LogP contribution is 2.24. The van der Waals surface area contributed by atoms with Gasteiger partial charge in [-0.15, -0.1) is 0 Å². The van der Waals surface area contributed by atoms with Gasteiger partial charge in [-0.25, -0.2) is 0 Å². The largest absolute Gasteiger partial charge is 0.360 e. The molecule has 0 saturated carbocycles. The molecule has 1 fully saturated rings. The summed E-state index contributed by atoms with van der Waals surface area (Å²) < 4.78 is 0. The first kappa shape index (κ1) is 18.8. The van der Waals surface area contributed by atoms with E-state index in [9.17, 15) is 19.7 Å². The summed E-state index contributed by atoms with van der Waals surface area (Å²) in [7, 11) is 0. The van der Waals surface area contributed by atoms with Gasteiger partial charge in [-0.3, -0.25) is 24.6 Å². The lowest BCUT2D eigenvalue weighted by molar-refractivity contribution is -0.384. The molecule has 8 nitrogen and oxygen atoms in total. The molecule has 0 spiro atoms. The Hall–Kier alpha value is -3.52. The molecule has 1 saturated heterocycles. The van der Waals surface area contributed by atoms with Gasteiger partial charge < -0.3 is 9.88 Å². The van der Waals surface area contributed by atoms with Crippen molar-refractivity contribution in [3.8, 4) is 0 Å². The van der Waals surface area contributed by atoms with Crippen molar-refractivity contribution in [2.75, 3.05) is 26.2 Å². The number of fused-ring (bicyclic) bond motifs is 1. The lowest BCUT2D eigenvalue weighted by Gasteiger charge is -2.34. The van der Waals surface area contributed by atoms with Crippen LogP contribution in [-0.4, -0.2) is 57.6 Å². The van der Waals surface area contributed by atoms with Crippen LogP contribution in [0.15, 0.2) is 54.7 Å². The fourth-order valence-electron chi connectivity index (χ4n) is 3.62. The molecule has 1 aliphatic rings. The molecule has 4 rings (SSSR count). The number of nitro groups is 1. The monoisotopic (exact) mass is 392 g/mol. The van der Waals surface area contributed by atoms with E-state index in [0.717, 1.165) is 6.54 Å². The Balaban J connectivity index is 1.44. The first-order valence-corrected chi connectivity index (χ1v) is 9.38. The highest BCUT2D eigenvalue weighted by Gasteiger charge is 2.28. The molecule has 0 radical (unpaired) electrons. The number of Topliss-reactive ketones (excluding diaryl/α,β-unsaturated/α-hetero) is 1. The summed E-state index contributed by atoms with van der Waals surface area (Å²) in [5.74, 6) is -1.22. The van der Waals surface area contributed by atoms with Gasteiger partial charge in [-0.2, -0.15) is 0 Å². The van der Waals surface area contributed by atoms with Gasteiger partial charge in [0, 0.05) is 62.0 Å². The summed E-state index contributed by atoms with van der Waals surface area (Å²) in [5.41, 5.74) is 1.84. The minimum atomic E-state index is -0.645. The topological polar surface area (TPSA) is 99.6 Å². The molecule has 2 aromatic carbocycles. The van der Waals surface area contributed by atoms with E-state index in [1.54, 1.807) is 4.90 Å². The van der Waals surface area contributed by atoms with Crippen molar-refractivity contribution >= 4 is 28.3 Å². The van der Waals surface area contributed by atoms with Crippen molar-refractivity contribution in [1.82, 2.24) is 14.8 Å². The predicted molar refractivity (Wildman–Crippen MR) is 108 cm³/mol. The van der Waals surface area contributed by atoms with Gasteiger partial charge in [-0.05, 0) is 11.6 Å². The van der Waals surface area contributed by atoms with Crippen LogP contribution in [0, 0.1) is 10.1 Å². The van der Waals surface area contributed by atoms with E-state index in [1.807, 2.05) is 18.2 Å². The number of aromatic nitrogens is 1. The number of rotatable bonds is 5. The molecule has 0 atom stereocenters. The van der Waals surface area contributed by atoms with Crippen molar-refractivity contribution in [2.45, 2.75) is 6.54 Å². The molecule has 1 amide bonds. The molecule has 2 heterocycles. The predicted octanol–water partition coefficient (Wildman–Crippen LogP) is 2.60. The molecule has 1 aromatic heterocycles. The fraction of sp³-hybridized carbons (Fsp3) is 0.238. The minimum Gasteiger partial charge on any atom is -0.360 e. The number of ketones is 1. The molecule has 3 aromatic rings. The number of carbonyl (C=O) groups excluding carboxylic acids is 2. The third-order valence-corrected chi connectivity index (χ3v) is 5.22. The number of nitrogens with one attached hydrogen (secondary N) is 1. The molecule has 0 bridgehead atoms. The van der Waals surface area contributed by atoms with Gasteiger partial charge in [0.25, 0.3) is 17.4 Å². The van der Waals surface area contributed by atoms with Crippen LogP contribution < -0.4 is 0 Å². The maximum atomic E-state index is 12.8. The van der Waals surface area contributed by atoms with Crippen LogP contribution in [0.5, 0.6) is 0 Å². The summed E-state index contributed by atoms with van der Waals surface area (Å²) in [4.78, 5) is 42.7. The Bertz CT molecular complexity index is 1070. The SMILES string of the molecule is O=C(C(=O)N1CCN(Cc2ccccc2)CC1)c1c[nH]c2ccc([N+](=O)[O-])cc12. The number of amides is 1. The summed E-state index contributed by atoms with van der Waals surface area (Å²) in [6, 6.07) is 14.3. The van der Waals surface area contributed by atoms with E-state index >= 15 is 0 Å². The third-order valence-electron chi connectivity index (χ3n) is 5.22. The van der Waals surface area contributed by atoms with E-state index in [2.05, 4.69) is 22.0 Å². The summed E-state index contributed by atoms with van der Waals surface area (Å²) in [6.07, 6.45) is 1.44. The Kier molecular flexibility index (Phi) is 5.09. The number of aromatic amines is 1. The van der Waals surface area contributed by atoms with Gasteiger partial charge in [0.15, 0.2) is 0 Å². The van der Waals surface area contributed by atoms with Crippen LogP contribution >= 0.6 is 0 Å². The number of nitro benzene ring substituents is 1. The minimum absolute atomic E-state index is 0.117. The molecule has 1 aliphatic heterocycles. The number of nitrogens with zero attached hydrogens (tertiary/aromatic N) is 3. The standard InChI is InChI=1S/C21H20N4O4/c26-20(18-13-22-19-7-6-16(25(28)29)12-17(18)19)21(27)24-10-8-23(9-11-24)14-15-4-2-1-3-5-15/h1-7,12-13,22H,8-11,14H2. The molecule has 148 valence electrons. The summed E-state index contributed by atoms with van der Waals surface area (Å²) in [6.45, 7) is 3.13. The van der Waals surface area contributed by atoms with Gasteiger partial charge in [0.1, 0.15) is 0 Å². The zero-order chi connectivity index (χ0) is 20.4. The maximum Gasteiger partial charge on any atom is 0.295 e. The Morgan fingerprint density at radius 1 is 1.03 bits per heavy atom. The molecule has 8 heteroatoms. The first-order chi connectivity index (χ1) is 14.0. The molecule has 0 aliphatic carbocycles. The van der Waals surface area contributed by atoms with Crippen molar-refractivity contribution in [1.29, 1.82) is 0 Å². The van der Waals surface area contributed by atoms with Crippen LogP contribution in [0.2, 0.25) is 0 Å². The number of non-ortho nitro benzene ring substituents is 1. The van der Waals surface area contributed by atoms with Crippen LogP contribution in [0.4, 0.5) is 5.69 Å². The van der Waals surface area contributed by atoms with E-state index in [-0.39, 0.29) is 11.3 Å². The average Bonchev–Trinajstić information content (AvgIpc) is 3.17. The molecule has 1 N–H and O–H groups in total. The zero-order valence-corrected chi connectivity index (χ0v) is 15.7. The molecular weight excluding hydrogens is 372 g/mol. The van der Waals surface area contributed by atoms with Crippen LogP contribution in [0.3, 0.4) is 0 Å². The Labute approximate surface area is 166 Å². The van der Waals surface area contributed by atoms with Gasteiger partial charge in [-0.1, -0.05) is 30.3 Å². The van der Waals surface area contributed by atoms with Gasteiger partial charge >= 0.3 is 0 Å². The first-order valence-electron chi connectivity index (χ1n) is 9.38. The second-order valence-electron chi connectivity index (χ2n) is 7.07. The smallest absolute Gasteiger partial charge is 0.295 e. The highest BCUT2D eigenvalue weighted by molar-refractivity contribution is 6.44. The van der Waals surface area contributed by atoms with Crippen molar-refractivity contribution in [3.05, 3.63) is 76.0 Å². The normalized spacial score (nSPS) is 14.8. The van der Waals surface area contributed by atoms with E-state index in [4.69, 9.17) is 0 Å².